The smallest absolute Gasteiger partial charge is 0.326 e. The lowest BCUT2D eigenvalue weighted by Crippen LogP contribution is -2.50. The number of nitrogens with zero attached hydrogens (tertiary/aromatic N) is 1. The topological polar surface area (TPSA) is 124 Å². The molecule has 3 atom stereocenters. The summed E-state index contributed by atoms with van der Waals surface area (Å²) in [6, 6.07) is -2.17. The summed E-state index contributed by atoms with van der Waals surface area (Å²) in [6.07, 6.45) is -0.536. The van der Waals surface area contributed by atoms with Crippen LogP contribution in [0.1, 0.15) is 26.7 Å². The lowest BCUT2D eigenvalue weighted by atomic mass is 10.2. The van der Waals surface area contributed by atoms with E-state index in [1.807, 2.05) is 0 Å². The van der Waals surface area contributed by atoms with Crippen molar-refractivity contribution in [2.75, 3.05) is 12.3 Å². The van der Waals surface area contributed by atoms with Gasteiger partial charge in [0, 0.05) is 13.0 Å². The molecule has 0 bridgehead atoms. The van der Waals surface area contributed by atoms with Crippen molar-refractivity contribution in [1.29, 1.82) is 0 Å². The number of aliphatic carboxylic acids is 1. The highest BCUT2D eigenvalue weighted by molar-refractivity contribution is 7.89. The van der Waals surface area contributed by atoms with Crippen molar-refractivity contribution in [2.24, 2.45) is 0 Å². The Bertz CT molecular complexity index is 477. The van der Waals surface area contributed by atoms with Gasteiger partial charge in [0.15, 0.2) is 0 Å². The van der Waals surface area contributed by atoms with Crippen molar-refractivity contribution in [3.8, 4) is 0 Å². The van der Waals surface area contributed by atoms with Crippen molar-refractivity contribution in [3.05, 3.63) is 0 Å². The van der Waals surface area contributed by atoms with Gasteiger partial charge in [0.05, 0.1) is 17.9 Å². The number of rotatable bonds is 6. The molecule has 0 aliphatic carbocycles. The molecule has 1 heterocycles. The van der Waals surface area contributed by atoms with E-state index in [1.165, 1.54) is 6.92 Å². The molecule has 1 rings (SSSR count). The minimum absolute atomic E-state index is 0.0461. The SMILES string of the molecule is CCCS(=O)(=O)NC(C)C(=O)N1C[C@H](O)C[C@H]1C(=O)O. The molecule has 116 valence electrons. The molecule has 9 heteroatoms. The number of hydrogen-bond donors (Lipinski definition) is 3. The number of aliphatic hydroxyl groups excluding tert-OH is 1. The van der Waals surface area contributed by atoms with Crippen molar-refractivity contribution in [1.82, 2.24) is 9.62 Å². The Morgan fingerprint density at radius 2 is 2.05 bits per heavy atom. The number of sulfonamides is 1. The fraction of sp³-hybridized carbons (Fsp3) is 0.818. The van der Waals surface area contributed by atoms with Crippen LogP contribution < -0.4 is 4.72 Å². The third kappa shape index (κ3) is 4.15. The number of carboxylic acid groups (broad SMARTS) is 1. The monoisotopic (exact) mass is 308 g/mol. The first-order chi connectivity index (χ1) is 9.18. The highest BCUT2D eigenvalue weighted by Crippen LogP contribution is 2.19. The molecule has 1 aliphatic heterocycles. The predicted octanol–water partition coefficient (Wildman–Crippen LogP) is -1.25. The summed E-state index contributed by atoms with van der Waals surface area (Å²) in [5.41, 5.74) is 0. The van der Waals surface area contributed by atoms with Crippen molar-refractivity contribution in [2.45, 2.75) is 44.9 Å². The van der Waals surface area contributed by atoms with E-state index in [9.17, 15) is 23.1 Å². The van der Waals surface area contributed by atoms with E-state index in [0.717, 1.165) is 4.90 Å². The normalized spacial score (nSPS) is 24.6. The second kappa shape index (κ2) is 6.51. The first-order valence-corrected chi connectivity index (χ1v) is 8.04. The number of likely N-dealkylation sites (tertiary alicyclic amines) is 1. The third-order valence-corrected chi connectivity index (χ3v) is 4.71. The van der Waals surface area contributed by atoms with Gasteiger partial charge in [0.25, 0.3) is 0 Å². The fourth-order valence-corrected chi connectivity index (χ4v) is 3.48. The van der Waals surface area contributed by atoms with Gasteiger partial charge in [-0.1, -0.05) is 6.92 Å². The van der Waals surface area contributed by atoms with E-state index in [-0.39, 0.29) is 18.7 Å². The lowest BCUT2D eigenvalue weighted by molar-refractivity contribution is -0.148. The Kier molecular flexibility index (Phi) is 5.49. The first-order valence-electron chi connectivity index (χ1n) is 6.39. The average molecular weight is 308 g/mol. The van der Waals surface area contributed by atoms with Crippen LogP contribution >= 0.6 is 0 Å². The number of hydrogen-bond acceptors (Lipinski definition) is 5. The number of carbonyl (C=O) groups excluding carboxylic acids is 1. The number of β-amino-alcohol motifs (C(OH)–C–C–N with tert-alkyl or cyclic N) is 1. The Hall–Kier alpha value is -1.19. The molecule has 0 aromatic rings. The standard InChI is InChI=1S/C11H20N2O6S/c1-3-4-20(18,19)12-7(2)10(15)13-6-8(14)5-9(13)11(16)17/h7-9,12,14H,3-6H2,1-2H3,(H,16,17)/t7?,8-,9+/m1/s1. The molecule has 1 amide bonds. The number of carboxylic acids is 1. The summed E-state index contributed by atoms with van der Waals surface area (Å²) in [7, 11) is -3.56. The second-order valence-corrected chi connectivity index (χ2v) is 6.77. The zero-order valence-corrected chi connectivity index (χ0v) is 12.3. The van der Waals surface area contributed by atoms with Crippen LogP contribution in [0.15, 0.2) is 0 Å². The first kappa shape index (κ1) is 16.9. The maximum atomic E-state index is 12.1. The molecule has 20 heavy (non-hydrogen) atoms. The summed E-state index contributed by atoms with van der Waals surface area (Å²) in [5.74, 6) is -1.96. The zero-order chi connectivity index (χ0) is 15.5. The molecule has 0 aromatic heterocycles. The van der Waals surface area contributed by atoms with Gasteiger partial charge in [-0.25, -0.2) is 17.9 Å². The van der Waals surface area contributed by atoms with Gasteiger partial charge >= 0.3 is 5.97 Å². The van der Waals surface area contributed by atoms with Gasteiger partial charge in [-0.3, -0.25) is 4.79 Å². The van der Waals surface area contributed by atoms with Crippen LogP contribution in [-0.4, -0.2) is 65.9 Å². The summed E-state index contributed by atoms with van der Waals surface area (Å²) < 4.78 is 25.4. The van der Waals surface area contributed by atoms with Crippen LogP contribution in [0.4, 0.5) is 0 Å². The van der Waals surface area contributed by atoms with Crippen LogP contribution in [0.5, 0.6) is 0 Å². The number of carbonyl (C=O) groups is 2. The van der Waals surface area contributed by atoms with Crippen LogP contribution in [0.25, 0.3) is 0 Å². The number of nitrogens with one attached hydrogen (secondary N) is 1. The average Bonchev–Trinajstić information content (AvgIpc) is 2.69. The molecule has 3 N–H and O–H groups in total. The molecule has 1 saturated heterocycles. The van der Waals surface area contributed by atoms with Crippen LogP contribution in [0.2, 0.25) is 0 Å². The van der Waals surface area contributed by atoms with Gasteiger partial charge in [0.2, 0.25) is 15.9 Å². The Balaban J connectivity index is 2.76. The Morgan fingerprint density at radius 3 is 2.55 bits per heavy atom. The molecule has 0 radical (unpaired) electrons. The largest absolute Gasteiger partial charge is 0.480 e. The molecule has 1 unspecified atom stereocenters. The summed E-state index contributed by atoms with van der Waals surface area (Å²) in [4.78, 5) is 24.1. The summed E-state index contributed by atoms with van der Waals surface area (Å²) in [6.45, 7) is 2.96. The Morgan fingerprint density at radius 1 is 1.45 bits per heavy atom. The van der Waals surface area contributed by atoms with E-state index in [1.54, 1.807) is 6.92 Å². The van der Waals surface area contributed by atoms with Crippen LogP contribution in [0, 0.1) is 0 Å². The van der Waals surface area contributed by atoms with Crippen molar-refractivity contribution < 1.29 is 28.2 Å². The highest BCUT2D eigenvalue weighted by atomic mass is 32.2. The van der Waals surface area contributed by atoms with E-state index < -0.39 is 40.1 Å². The maximum absolute atomic E-state index is 12.1. The van der Waals surface area contributed by atoms with E-state index >= 15 is 0 Å². The van der Waals surface area contributed by atoms with E-state index in [2.05, 4.69) is 4.72 Å². The molecule has 1 fully saturated rings. The molecular weight excluding hydrogens is 288 g/mol. The fourth-order valence-electron chi connectivity index (χ4n) is 2.19. The summed E-state index contributed by atoms with van der Waals surface area (Å²) >= 11 is 0. The van der Waals surface area contributed by atoms with Gasteiger partial charge in [0.1, 0.15) is 6.04 Å². The van der Waals surface area contributed by atoms with Crippen molar-refractivity contribution >= 4 is 21.9 Å². The maximum Gasteiger partial charge on any atom is 0.326 e. The van der Waals surface area contributed by atoms with E-state index in [0.29, 0.717) is 6.42 Å². The molecular formula is C11H20N2O6S. The molecule has 8 nitrogen and oxygen atoms in total. The van der Waals surface area contributed by atoms with Gasteiger partial charge in [-0.2, -0.15) is 0 Å². The molecule has 0 spiro atoms. The number of aliphatic hydroxyl groups is 1. The zero-order valence-electron chi connectivity index (χ0n) is 11.4. The minimum Gasteiger partial charge on any atom is -0.480 e. The number of amides is 1. The highest BCUT2D eigenvalue weighted by Gasteiger charge is 2.40. The van der Waals surface area contributed by atoms with Gasteiger partial charge in [-0.05, 0) is 13.3 Å². The van der Waals surface area contributed by atoms with Gasteiger partial charge < -0.3 is 15.1 Å². The molecule has 0 aromatic carbocycles. The Labute approximate surface area is 117 Å². The molecule has 0 saturated carbocycles. The van der Waals surface area contributed by atoms with E-state index in [4.69, 9.17) is 5.11 Å². The third-order valence-electron chi connectivity index (χ3n) is 3.05. The predicted molar refractivity (Wildman–Crippen MR) is 70.4 cm³/mol. The molecule has 1 aliphatic rings. The van der Waals surface area contributed by atoms with Crippen molar-refractivity contribution in [3.63, 3.8) is 0 Å². The van der Waals surface area contributed by atoms with Crippen LogP contribution in [-0.2, 0) is 19.6 Å². The second-order valence-electron chi connectivity index (χ2n) is 4.89. The van der Waals surface area contributed by atoms with Gasteiger partial charge in [-0.15, -0.1) is 0 Å². The van der Waals surface area contributed by atoms with Crippen LogP contribution in [0.3, 0.4) is 0 Å². The summed E-state index contributed by atoms with van der Waals surface area (Å²) in [5, 5.41) is 18.5. The quantitative estimate of drug-likeness (QED) is 0.563. The lowest BCUT2D eigenvalue weighted by Gasteiger charge is -2.25. The minimum atomic E-state index is -3.56.